The van der Waals surface area contributed by atoms with E-state index in [4.69, 9.17) is 10.8 Å². The lowest BCUT2D eigenvalue weighted by atomic mass is 9.90. The molecular weight excluding hydrogens is 130 g/mol. The zero-order chi connectivity index (χ0) is 7.56. The number of nitrogens with two attached hydrogens (primary N) is 1. The van der Waals surface area contributed by atoms with Crippen molar-refractivity contribution in [2.45, 2.75) is 18.9 Å². The van der Waals surface area contributed by atoms with Crippen molar-refractivity contribution in [3.05, 3.63) is 12.2 Å². The number of allylic oxidation sites excluding steroid dienone is 1. The van der Waals surface area contributed by atoms with Gasteiger partial charge in [-0.05, 0) is 12.8 Å². The predicted molar refractivity (Wildman–Crippen MR) is 37.5 cm³/mol. The van der Waals surface area contributed by atoms with Crippen LogP contribution < -0.4 is 5.73 Å². The average Bonchev–Trinajstić information content (AvgIpc) is 1.88. The van der Waals surface area contributed by atoms with Crippen LogP contribution in [0.3, 0.4) is 0 Å². The minimum atomic E-state index is -0.781. The molecule has 10 heavy (non-hydrogen) atoms. The van der Waals surface area contributed by atoms with E-state index in [1.807, 2.05) is 6.08 Å². The second-order valence-corrected chi connectivity index (χ2v) is 2.53. The Balaban J connectivity index is 2.60. The molecule has 3 heteroatoms. The lowest BCUT2D eigenvalue weighted by molar-refractivity contribution is -0.142. The Kier molecular flexibility index (Phi) is 2.06. The molecule has 0 saturated heterocycles. The Morgan fingerprint density at radius 2 is 2.40 bits per heavy atom. The zero-order valence-corrected chi connectivity index (χ0v) is 5.66. The van der Waals surface area contributed by atoms with Crippen molar-refractivity contribution in [1.29, 1.82) is 0 Å². The third-order valence-corrected chi connectivity index (χ3v) is 1.78. The number of carbonyl (C=O) groups is 1. The van der Waals surface area contributed by atoms with Crippen molar-refractivity contribution in [2.75, 3.05) is 0 Å². The van der Waals surface area contributed by atoms with E-state index in [0.717, 1.165) is 6.42 Å². The second kappa shape index (κ2) is 2.84. The van der Waals surface area contributed by atoms with Crippen LogP contribution in [0.5, 0.6) is 0 Å². The molecule has 3 nitrogen and oxygen atoms in total. The highest BCUT2D eigenvalue weighted by atomic mass is 16.4. The molecule has 0 heterocycles. The normalized spacial score (nSPS) is 32.1. The predicted octanol–water partition coefficient (Wildman–Crippen LogP) is 0.364. The third kappa shape index (κ3) is 1.36. The van der Waals surface area contributed by atoms with Crippen LogP contribution in [0.25, 0.3) is 0 Å². The van der Waals surface area contributed by atoms with Gasteiger partial charge in [-0.1, -0.05) is 12.2 Å². The Labute approximate surface area is 59.5 Å². The van der Waals surface area contributed by atoms with Gasteiger partial charge in [-0.3, -0.25) is 4.79 Å². The Morgan fingerprint density at radius 1 is 1.70 bits per heavy atom. The molecule has 1 aliphatic rings. The molecule has 0 unspecified atom stereocenters. The zero-order valence-electron chi connectivity index (χ0n) is 5.66. The van der Waals surface area contributed by atoms with Crippen molar-refractivity contribution >= 4 is 5.97 Å². The molecule has 0 amide bonds. The van der Waals surface area contributed by atoms with Crippen LogP contribution in [0.15, 0.2) is 12.2 Å². The summed E-state index contributed by atoms with van der Waals surface area (Å²) in [5.74, 6) is -1.15. The first kappa shape index (κ1) is 7.28. The first-order chi connectivity index (χ1) is 4.72. The minimum Gasteiger partial charge on any atom is -0.481 e. The number of aliphatic carboxylic acids is 1. The maximum absolute atomic E-state index is 10.5. The molecule has 56 valence electrons. The molecule has 1 rings (SSSR count). The molecule has 0 bridgehead atoms. The van der Waals surface area contributed by atoms with E-state index in [1.165, 1.54) is 0 Å². The highest BCUT2D eigenvalue weighted by Crippen LogP contribution is 2.16. The second-order valence-electron chi connectivity index (χ2n) is 2.53. The molecule has 0 aliphatic heterocycles. The van der Waals surface area contributed by atoms with E-state index >= 15 is 0 Å². The topological polar surface area (TPSA) is 63.3 Å². The molecule has 0 radical (unpaired) electrons. The highest BCUT2D eigenvalue weighted by molar-refractivity contribution is 5.71. The van der Waals surface area contributed by atoms with Crippen LogP contribution in [-0.4, -0.2) is 17.1 Å². The van der Waals surface area contributed by atoms with Crippen molar-refractivity contribution in [2.24, 2.45) is 11.7 Å². The molecule has 0 fully saturated rings. The first-order valence-electron chi connectivity index (χ1n) is 3.37. The monoisotopic (exact) mass is 141 g/mol. The van der Waals surface area contributed by atoms with Crippen molar-refractivity contribution in [1.82, 2.24) is 0 Å². The van der Waals surface area contributed by atoms with Crippen LogP contribution in [0.1, 0.15) is 12.8 Å². The van der Waals surface area contributed by atoms with Gasteiger partial charge in [0.15, 0.2) is 0 Å². The quantitative estimate of drug-likeness (QED) is 0.518. The SMILES string of the molecule is N[C@@H]1C=CCC[C@@H]1C(=O)O. The van der Waals surface area contributed by atoms with E-state index in [9.17, 15) is 4.79 Å². The summed E-state index contributed by atoms with van der Waals surface area (Å²) in [4.78, 5) is 10.5. The van der Waals surface area contributed by atoms with Crippen molar-refractivity contribution in [3.63, 3.8) is 0 Å². The van der Waals surface area contributed by atoms with E-state index < -0.39 is 5.97 Å². The molecule has 0 aromatic heterocycles. The third-order valence-electron chi connectivity index (χ3n) is 1.78. The Bertz CT molecular complexity index is 165. The van der Waals surface area contributed by atoms with Crippen molar-refractivity contribution < 1.29 is 9.90 Å². The molecule has 0 spiro atoms. The maximum atomic E-state index is 10.5. The van der Waals surface area contributed by atoms with E-state index in [2.05, 4.69) is 0 Å². The van der Waals surface area contributed by atoms with Crippen LogP contribution >= 0.6 is 0 Å². The van der Waals surface area contributed by atoms with E-state index in [1.54, 1.807) is 6.08 Å². The van der Waals surface area contributed by atoms with Gasteiger partial charge in [0.05, 0.1) is 5.92 Å². The van der Waals surface area contributed by atoms with Crippen LogP contribution in [0.2, 0.25) is 0 Å². The summed E-state index contributed by atoms with van der Waals surface area (Å²) >= 11 is 0. The van der Waals surface area contributed by atoms with E-state index in [-0.39, 0.29) is 12.0 Å². The van der Waals surface area contributed by atoms with Crippen molar-refractivity contribution in [3.8, 4) is 0 Å². The summed E-state index contributed by atoms with van der Waals surface area (Å²) in [5.41, 5.74) is 5.51. The molecule has 0 saturated carbocycles. The summed E-state index contributed by atoms with van der Waals surface area (Å²) in [6, 6.07) is -0.286. The summed E-state index contributed by atoms with van der Waals surface area (Å²) in [7, 11) is 0. The molecule has 3 N–H and O–H groups in total. The van der Waals surface area contributed by atoms with Gasteiger partial charge in [0.1, 0.15) is 0 Å². The van der Waals surface area contributed by atoms with Gasteiger partial charge in [-0.25, -0.2) is 0 Å². The molecule has 2 atom stereocenters. The number of rotatable bonds is 1. The fourth-order valence-corrected chi connectivity index (χ4v) is 1.14. The van der Waals surface area contributed by atoms with E-state index in [0.29, 0.717) is 6.42 Å². The highest BCUT2D eigenvalue weighted by Gasteiger charge is 2.24. The standard InChI is InChI=1S/C7H11NO2/c8-6-4-2-1-3-5(6)7(9)10/h2,4-6H,1,3,8H2,(H,9,10)/t5-,6+/m0/s1. The number of hydrogen-bond donors (Lipinski definition) is 2. The summed E-state index contributed by atoms with van der Waals surface area (Å²) in [6.07, 6.45) is 5.21. The number of hydrogen-bond acceptors (Lipinski definition) is 2. The minimum absolute atomic E-state index is 0.286. The van der Waals surface area contributed by atoms with Gasteiger partial charge in [0.2, 0.25) is 0 Å². The maximum Gasteiger partial charge on any atom is 0.308 e. The van der Waals surface area contributed by atoms with Crippen LogP contribution in [0.4, 0.5) is 0 Å². The lowest BCUT2D eigenvalue weighted by Crippen LogP contribution is -2.35. The largest absolute Gasteiger partial charge is 0.481 e. The number of carboxylic acids is 1. The van der Waals surface area contributed by atoms with Gasteiger partial charge in [-0.2, -0.15) is 0 Å². The summed E-state index contributed by atoms with van der Waals surface area (Å²) < 4.78 is 0. The molecule has 1 aliphatic carbocycles. The van der Waals surface area contributed by atoms with Gasteiger partial charge in [0, 0.05) is 6.04 Å². The van der Waals surface area contributed by atoms with Gasteiger partial charge in [0.25, 0.3) is 0 Å². The van der Waals surface area contributed by atoms with Crippen LogP contribution in [0, 0.1) is 5.92 Å². The Morgan fingerprint density at radius 3 is 2.80 bits per heavy atom. The average molecular weight is 141 g/mol. The van der Waals surface area contributed by atoms with Gasteiger partial charge >= 0.3 is 5.97 Å². The summed E-state index contributed by atoms with van der Waals surface area (Å²) in [6.45, 7) is 0. The fraction of sp³-hybridized carbons (Fsp3) is 0.571. The van der Waals surface area contributed by atoms with Crippen LogP contribution in [-0.2, 0) is 4.79 Å². The Hall–Kier alpha value is -0.830. The molecular formula is C7H11NO2. The number of carboxylic acid groups (broad SMARTS) is 1. The molecule has 0 aromatic rings. The van der Waals surface area contributed by atoms with Gasteiger partial charge in [-0.15, -0.1) is 0 Å². The smallest absolute Gasteiger partial charge is 0.308 e. The summed E-state index contributed by atoms with van der Waals surface area (Å²) in [5, 5.41) is 8.59. The lowest BCUT2D eigenvalue weighted by Gasteiger charge is -2.19. The first-order valence-corrected chi connectivity index (χ1v) is 3.37. The van der Waals surface area contributed by atoms with Gasteiger partial charge < -0.3 is 10.8 Å². The molecule has 0 aromatic carbocycles. The fourth-order valence-electron chi connectivity index (χ4n) is 1.14.